The Morgan fingerprint density at radius 3 is 2.26 bits per heavy atom. The lowest BCUT2D eigenvalue weighted by Gasteiger charge is -2.28. The van der Waals surface area contributed by atoms with E-state index in [9.17, 15) is 19.2 Å². The maximum Gasteiger partial charge on any atom is 0.338 e. The number of hydrogen-bond acceptors (Lipinski definition) is 5. The molecule has 0 radical (unpaired) electrons. The van der Waals surface area contributed by atoms with Crippen LogP contribution in [-0.4, -0.2) is 30.3 Å². The van der Waals surface area contributed by atoms with Gasteiger partial charge in [0.15, 0.2) is 6.61 Å². The minimum absolute atomic E-state index is 0.145. The predicted molar refractivity (Wildman–Crippen MR) is 142 cm³/mol. The molecule has 2 aliphatic carbocycles. The maximum atomic E-state index is 13.5. The number of fused-ring (bicyclic) bond motifs is 5. The fourth-order valence-electron chi connectivity index (χ4n) is 6.49. The van der Waals surface area contributed by atoms with E-state index in [0.717, 1.165) is 12.8 Å². The van der Waals surface area contributed by atoms with Crippen LogP contribution in [-0.2, 0) is 19.1 Å². The second-order valence-corrected chi connectivity index (χ2v) is 10.6. The molecule has 3 aliphatic rings. The van der Waals surface area contributed by atoms with Gasteiger partial charge in [0.05, 0.1) is 23.1 Å². The van der Waals surface area contributed by atoms with Gasteiger partial charge in [-0.25, -0.2) is 4.79 Å². The second-order valence-electron chi connectivity index (χ2n) is 10.2. The molecule has 3 fully saturated rings. The number of rotatable bonds is 6. The van der Waals surface area contributed by atoms with Crippen molar-refractivity contribution in [2.75, 3.05) is 16.8 Å². The number of hydrogen-bond donors (Lipinski definition) is 1. The fourth-order valence-corrected chi connectivity index (χ4v) is 6.61. The molecule has 1 aliphatic heterocycles. The number of benzene rings is 3. The second kappa shape index (κ2) is 9.72. The number of esters is 1. The van der Waals surface area contributed by atoms with Crippen molar-refractivity contribution in [3.63, 3.8) is 0 Å². The molecular formula is C30H25ClN2O5. The molecular weight excluding hydrogens is 504 g/mol. The Bertz CT molecular complexity index is 1410. The first kappa shape index (κ1) is 24.4. The van der Waals surface area contributed by atoms with Crippen molar-refractivity contribution < 1.29 is 23.9 Å². The monoisotopic (exact) mass is 528 g/mol. The zero-order valence-corrected chi connectivity index (χ0v) is 21.1. The van der Waals surface area contributed by atoms with Crippen LogP contribution in [0.4, 0.5) is 11.4 Å². The number of ether oxygens (including phenoxy) is 1. The number of anilines is 2. The van der Waals surface area contributed by atoms with Gasteiger partial charge >= 0.3 is 5.97 Å². The van der Waals surface area contributed by atoms with Gasteiger partial charge < -0.3 is 10.1 Å². The van der Waals surface area contributed by atoms with Crippen molar-refractivity contribution in [1.82, 2.24) is 0 Å². The van der Waals surface area contributed by atoms with Crippen LogP contribution in [0, 0.1) is 23.7 Å². The van der Waals surface area contributed by atoms with Gasteiger partial charge in [-0.2, -0.15) is 0 Å². The SMILES string of the molecule is O=C(COC(=O)c1ccc(N2C(=O)[C@@H]3[C@@H]4C[C@@H]([C@@H]3C2=O)[C@@H](c2ccccc2)C4)cc1)Nc1ccc(Cl)cc1. The van der Waals surface area contributed by atoms with Gasteiger partial charge in [0.2, 0.25) is 11.8 Å². The van der Waals surface area contributed by atoms with Crippen molar-refractivity contribution in [3.8, 4) is 0 Å². The third-order valence-electron chi connectivity index (χ3n) is 8.07. The summed E-state index contributed by atoms with van der Waals surface area (Å²) in [6.07, 6.45) is 1.84. The summed E-state index contributed by atoms with van der Waals surface area (Å²) in [5.74, 6) is -1.34. The minimum Gasteiger partial charge on any atom is -0.452 e. The van der Waals surface area contributed by atoms with E-state index < -0.39 is 18.5 Å². The van der Waals surface area contributed by atoms with Crippen LogP contribution in [0.15, 0.2) is 78.9 Å². The molecule has 3 aromatic carbocycles. The first-order chi connectivity index (χ1) is 18.4. The highest BCUT2D eigenvalue weighted by Gasteiger charge is 2.64. The largest absolute Gasteiger partial charge is 0.452 e. The number of carbonyl (C=O) groups is 4. The van der Waals surface area contributed by atoms with E-state index in [1.54, 1.807) is 36.4 Å². The fraction of sp³-hybridized carbons (Fsp3) is 0.267. The first-order valence-corrected chi connectivity index (χ1v) is 13.0. The van der Waals surface area contributed by atoms with Crippen LogP contribution in [0.25, 0.3) is 0 Å². The zero-order valence-electron chi connectivity index (χ0n) is 20.4. The smallest absolute Gasteiger partial charge is 0.338 e. The minimum atomic E-state index is -0.678. The summed E-state index contributed by atoms with van der Waals surface area (Å²) in [4.78, 5) is 52.7. The first-order valence-electron chi connectivity index (χ1n) is 12.7. The molecule has 8 heteroatoms. The molecule has 1 saturated heterocycles. The Labute approximate surface area is 224 Å². The highest BCUT2D eigenvalue weighted by molar-refractivity contribution is 6.30. The van der Waals surface area contributed by atoms with Gasteiger partial charge in [0.1, 0.15) is 0 Å². The van der Waals surface area contributed by atoms with Gasteiger partial charge in [-0.15, -0.1) is 0 Å². The molecule has 1 N–H and O–H groups in total. The van der Waals surface area contributed by atoms with Crippen molar-refractivity contribution in [3.05, 3.63) is 95.0 Å². The summed E-state index contributed by atoms with van der Waals surface area (Å²) < 4.78 is 5.12. The van der Waals surface area contributed by atoms with Crippen LogP contribution in [0.1, 0.15) is 34.7 Å². The lowest BCUT2D eigenvalue weighted by atomic mass is 9.73. The molecule has 38 heavy (non-hydrogen) atoms. The van der Waals surface area contributed by atoms with Crippen LogP contribution in [0.3, 0.4) is 0 Å². The number of halogens is 1. The number of carbonyl (C=O) groups excluding carboxylic acids is 4. The highest BCUT2D eigenvalue weighted by Crippen LogP contribution is 2.61. The van der Waals surface area contributed by atoms with Gasteiger partial charge in [0, 0.05) is 10.7 Å². The molecule has 5 atom stereocenters. The van der Waals surface area contributed by atoms with Crippen molar-refractivity contribution in [2.24, 2.45) is 23.7 Å². The third-order valence-corrected chi connectivity index (χ3v) is 8.32. The average molecular weight is 529 g/mol. The topological polar surface area (TPSA) is 92.8 Å². The van der Waals surface area contributed by atoms with Crippen LogP contribution >= 0.6 is 11.6 Å². The molecule has 6 rings (SSSR count). The molecule has 2 bridgehead atoms. The Morgan fingerprint density at radius 2 is 1.55 bits per heavy atom. The summed E-state index contributed by atoms with van der Waals surface area (Å²) in [5.41, 5.74) is 2.44. The lowest BCUT2D eigenvalue weighted by molar-refractivity contribution is -0.123. The average Bonchev–Trinajstić information content (AvgIpc) is 3.60. The predicted octanol–water partition coefficient (Wildman–Crippen LogP) is 5.06. The van der Waals surface area contributed by atoms with Gasteiger partial charge in [-0.3, -0.25) is 19.3 Å². The number of nitrogens with zero attached hydrogens (tertiary/aromatic N) is 1. The zero-order chi connectivity index (χ0) is 26.4. The molecule has 0 unspecified atom stereocenters. The van der Waals surface area contributed by atoms with E-state index in [2.05, 4.69) is 17.4 Å². The summed E-state index contributed by atoms with van der Waals surface area (Å²) in [6.45, 7) is -0.457. The quantitative estimate of drug-likeness (QED) is 0.356. The Morgan fingerprint density at radius 1 is 0.868 bits per heavy atom. The van der Waals surface area contributed by atoms with Crippen LogP contribution in [0.2, 0.25) is 5.02 Å². The third kappa shape index (κ3) is 4.27. The number of amides is 3. The van der Waals surface area contributed by atoms with E-state index >= 15 is 0 Å². The van der Waals surface area contributed by atoms with Crippen molar-refractivity contribution in [1.29, 1.82) is 0 Å². The van der Waals surface area contributed by atoms with Crippen LogP contribution < -0.4 is 10.2 Å². The normalized spacial score (nSPS) is 25.4. The van der Waals surface area contributed by atoms with E-state index in [0.29, 0.717) is 22.3 Å². The van der Waals surface area contributed by atoms with Gasteiger partial charge in [0.25, 0.3) is 5.91 Å². The summed E-state index contributed by atoms with van der Waals surface area (Å²) in [7, 11) is 0. The lowest BCUT2D eigenvalue weighted by Crippen LogP contribution is -2.33. The maximum absolute atomic E-state index is 13.5. The van der Waals surface area contributed by atoms with Crippen LogP contribution in [0.5, 0.6) is 0 Å². The molecule has 192 valence electrons. The number of nitrogens with one attached hydrogen (secondary N) is 1. The molecule has 3 amide bonds. The summed E-state index contributed by atoms with van der Waals surface area (Å²) in [5, 5.41) is 3.16. The molecule has 0 spiro atoms. The summed E-state index contributed by atoms with van der Waals surface area (Å²) >= 11 is 5.83. The molecule has 7 nitrogen and oxygen atoms in total. The Kier molecular flexibility index (Phi) is 6.24. The Hall–Kier alpha value is -3.97. The summed E-state index contributed by atoms with van der Waals surface area (Å²) in [6, 6.07) is 23.0. The highest BCUT2D eigenvalue weighted by atomic mass is 35.5. The van der Waals surface area contributed by atoms with E-state index in [1.807, 2.05) is 18.2 Å². The molecule has 1 heterocycles. The van der Waals surface area contributed by atoms with Crippen molar-refractivity contribution in [2.45, 2.75) is 18.8 Å². The van der Waals surface area contributed by atoms with E-state index in [-0.39, 0.29) is 41.0 Å². The standard InChI is InChI=1S/C30H25ClN2O5/c31-20-8-10-21(11-9-20)32-25(34)16-38-30(37)18-6-12-22(13-7-18)33-28(35)26-19-14-23(17-4-2-1-3-5-17)24(15-19)27(26)29(33)36/h1-13,19,23-24,26-27H,14-16H2,(H,32,34)/t19-,23+,24+,26+,27-/m0/s1. The number of imide groups is 1. The molecule has 3 aromatic rings. The van der Waals surface area contributed by atoms with Gasteiger partial charge in [-0.1, -0.05) is 41.9 Å². The van der Waals surface area contributed by atoms with Crippen molar-refractivity contribution >= 4 is 46.7 Å². The van der Waals surface area contributed by atoms with E-state index in [1.165, 1.54) is 22.6 Å². The molecule has 0 aromatic heterocycles. The Balaban J connectivity index is 1.10. The van der Waals surface area contributed by atoms with E-state index in [4.69, 9.17) is 16.3 Å². The van der Waals surface area contributed by atoms with Gasteiger partial charge in [-0.05, 0) is 84.7 Å². The molecule has 2 saturated carbocycles.